The van der Waals surface area contributed by atoms with Gasteiger partial charge in [0, 0.05) is 5.02 Å². The SMILES string of the molecule is CC.CC.CC.CC.CCc1ccc(C)cc1.Cc1ccc(Cl)cc1. The van der Waals surface area contributed by atoms with Gasteiger partial charge in [0.25, 0.3) is 0 Å². The molecule has 0 heterocycles. The molecule has 0 aliphatic heterocycles. The highest BCUT2D eigenvalue weighted by Gasteiger charge is 1.85. The first-order valence-corrected chi connectivity index (χ1v) is 10.3. The summed E-state index contributed by atoms with van der Waals surface area (Å²) < 4.78 is 0. The molecule has 0 spiro atoms. The third kappa shape index (κ3) is 22.7. The minimum Gasteiger partial charge on any atom is -0.0843 e. The maximum absolute atomic E-state index is 5.61. The Morgan fingerprint density at radius 1 is 0.560 bits per heavy atom. The van der Waals surface area contributed by atoms with E-state index in [-0.39, 0.29) is 0 Å². The summed E-state index contributed by atoms with van der Waals surface area (Å²) >= 11 is 5.61. The van der Waals surface area contributed by atoms with Crippen LogP contribution < -0.4 is 0 Å². The van der Waals surface area contributed by atoms with Crippen LogP contribution in [0.15, 0.2) is 48.5 Å². The molecule has 2 aromatic carbocycles. The fourth-order valence-corrected chi connectivity index (χ4v) is 1.48. The van der Waals surface area contributed by atoms with E-state index < -0.39 is 0 Å². The Balaban J connectivity index is -0.000000127. The highest BCUT2D eigenvalue weighted by molar-refractivity contribution is 6.30. The van der Waals surface area contributed by atoms with Crippen LogP contribution in [0.25, 0.3) is 0 Å². The Labute approximate surface area is 164 Å². The second-order valence-corrected chi connectivity index (χ2v) is 4.57. The van der Waals surface area contributed by atoms with Gasteiger partial charge in [-0.25, -0.2) is 0 Å². The molecule has 0 aromatic heterocycles. The smallest absolute Gasteiger partial charge is 0.0406 e. The van der Waals surface area contributed by atoms with Crippen LogP contribution in [0.4, 0.5) is 0 Å². The van der Waals surface area contributed by atoms with Crippen molar-refractivity contribution in [2.75, 3.05) is 0 Å². The van der Waals surface area contributed by atoms with Crippen LogP contribution in [0.5, 0.6) is 0 Å². The van der Waals surface area contributed by atoms with Crippen molar-refractivity contribution in [3.8, 4) is 0 Å². The Morgan fingerprint density at radius 3 is 1.08 bits per heavy atom. The lowest BCUT2D eigenvalue weighted by Crippen LogP contribution is -1.77. The Hall–Kier alpha value is -1.27. The summed E-state index contributed by atoms with van der Waals surface area (Å²) in [6, 6.07) is 16.4. The topological polar surface area (TPSA) is 0 Å². The van der Waals surface area contributed by atoms with Gasteiger partial charge in [-0.05, 0) is 38.0 Å². The number of hydrogen-bond donors (Lipinski definition) is 0. The molecule has 0 radical (unpaired) electrons. The van der Waals surface area contributed by atoms with E-state index in [1.54, 1.807) is 0 Å². The number of rotatable bonds is 1. The number of halogens is 1. The zero-order valence-corrected chi connectivity index (χ0v) is 19.5. The highest BCUT2D eigenvalue weighted by Crippen LogP contribution is 2.07. The average Bonchev–Trinajstić information content (AvgIpc) is 2.71. The van der Waals surface area contributed by atoms with Gasteiger partial charge in [0.05, 0.1) is 0 Å². The lowest BCUT2D eigenvalue weighted by Gasteiger charge is -1.94. The minimum absolute atomic E-state index is 0.801. The monoisotopic (exact) mass is 366 g/mol. The molecular weight excluding hydrogens is 324 g/mol. The lowest BCUT2D eigenvalue weighted by atomic mass is 10.1. The van der Waals surface area contributed by atoms with Gasteiger partial charge >= 0.3 is 0 Å². The molecule has 1 heteroatoms. The third-order valence-electron chi connectivity index (χ3n) is 2.54. The Kier molecular flexibility index (Phi) is 34.7. The Bertz CT molecular complexity index is 406. The zero-order chi connectivity index (χ0) is 20.7. The first-order valence-electron chi connectivity index (χ1n) is 9.89. The van der Waals surface area contributed by atoms with Gasteiger partial charge in [-0.2, -0.15) is 0 Å². The zero-order valence-electron chi connectivity index (χ0n) is 18.7. The third-order valence-corrected chi connectivity index (χ3v) is 2.79. The van der Waals surface area contributed by atoms with Crippen molar-refractivity contribution in [2.24, 2.45) is 0 Å². The van der Waals surface area contributed by atoms with E-state index in [9.17, 15) is 0 Å². The van der Waals surface area contributed by atoms with E-state index in [4.69, 9.17) is 11.6 Å². The Morgan fingerprint density at radius 2 is 0.840 bits per heavy atom. The fourth-order valence-electron chi connectivity index (χ4n) is 1.36. The van der Waals surface area contributed by atoms with E-state index in [1.807, 2.05) is 86.6 Å². The first-order chi connectivity index (χ1) is 12.1. The molecule has 0 amide bonds. The molecule has 2 aromatic rings. The molecule has 2 rings (SSSR count). The molecule has 0 fully saturated rings. The predicted molar refractivity (Wildman–Crippen MR) is 122 cm³/mol. The van der Waals surface area contributed by atoms with Gasteiger partial charge in [0.2, 0.25) is 0 Å². The van der Waals surface area contributed by atoms with Crippen LogP contribution in [-0.4, -0.2) is 0 Å². The van der Waals surface area contributed by atoms with Crippen molar-refractivity contribution < 1.29 is 0 Å². The van der Waals surface area contributed by atoms with Crippen LogP contribution in [0.3, 0.4) is 0 Å². The van der Waals surface area contributed by atoms with E-state index in [0.29, 0.717) is 0 Å². The van der Waals surface area contributed by atoms with Crippen LogP contribution in [0.2, 0.25) is 5.02 Å². The summed E-state index contributed by atoms with van der Waals surface area (Å²) in [6.07, 6.45) is 1.14. The lowest BCUT2D eigenvalue weighted by molar-refractivity contribution is 1.14. The van der Waals surface area contributed by atoms with Crippen molar-refractivity contribution in [3.05, 3.63) is 70.2 Å². The van der Waals surface area contributed by atoms with Crippen LogP contribution >= 0.6 is 11.6 Å². The molecule has 0 aliphatic carbocycles. The summed E-state index contributed by atoms with van der Waals surface area (Å²) in [5.41, 5.74) is 4.00. The summed E-state index contributed by atoms with van der Waals surface area (Å²) in [7, 11) is 0. The largest absolute Gasteiger partial charge is 0.0843 e. The van der Waals surface area contributed by atoms with Gasteiger partial charge in [-0.1, -0.05) is 121 Å². The fraction of sp³-hybridized carbons (Fsp3) is 0.500. The van der Waals surface area contributed by atoms with Crippen molar-refractivity contribution >= 4 is 11.6 Å². The summed E-state index contributed by atoms with van der Waals surface area (Å²) in [6.45, 7) is 22.3. The average molecular weight is 367 g/mol. The molecule has 0 saturated heterocycles. The maximum Gasteiger partial charge on any atom is 0.0406 e. The molecule has 25 heavy (non-hydrogen) atoms. The molecule has 0 nitrogen and oxygen atoms in total. The molecule has 0 saturated carbocycles. The van der Waals surface area contributed by atoms with Crippen LogP contribution in [0, 0.1) is 13.8 Å². The highest BCUT2D eigenvalue weighted by atomic mass is 35.5. The van der Waals surface area contributed by atoms with Crippen molar-refractivity contribution in [1.29, 1.82) is 0 Å². The van der Waals surface area contributed by atoms with E-state index in [0.717, 1.165) is 11.4 Å². The second-order valence-electron chi connectivity index (χ2n) is 4.13. The number of benzene rings is 2. The molecular formula is C24H43Cl. The molecule has 0 aliphatic rings. The quantitative estimate of drug-likeness (QED) is 0.471. The van der Waals surface area contributed by atoms with Crippen LogP contribution in [-0.2, 0) is 6.42 Å². The summed E-state index contributed by atoms with van der Waals surface area (Å²) in [4.78, 5) is 0. The predicted octanol–water partition coefficient (Wildman–Crippen LogP) is 9.31. The molecule has 0 unspecified atom stereocenters. The van der Waals surface area contributed by atoms with Gasteiger partial charge in [-0.3, -0.25) is 0 Å². The normalized spacial score (nSPS) is 7.36. The van der Waals surface area contributed by atoms with E-state index >= 15 is 0 Å². The second kappa shape index (κ2) is 27.6. The van der Waals surface area contributed by atoms with Crippen molar-refractivity contribution in [2.45, 2.75) is 82.6 Å². The van der Waals surface area contributed by atoms with Gasteiger partial charge in [0.15, 0.2) is 0 Å². The molecule has 146 valence electrons. The number of aryl methyl sites for hydroxylation is 3. The first kappa shape index (κ1) is 31.5. The molecule has 0 N–H and O–H groups in total. The molecule has 0 atom stereocenters. The van der Waals surface area contributed by atoms with E-state index in [1.165, 1.54) is 16.7 Å². The maximum atomic E-state index is 5.61. The minimum atomic E-state index is 0.801. The van der Waals surface area contributed by atoms with Crippen molar-refractivity contribution in [3.63, 3.8) is 0 Å². The van der Waals surface area contributed by atoms with Crippen molar-refractivity contribution in [1.82, 2.24) is 0 Å². The van der Waals surface area contributed by atoms with E-state index in [2.05, 4.69) is 38.1 Å². The van der Waals surface area contributed by atoms with Gasteiger partial charge < -0.3 is 0 Å². The number of hydrogen-bond acceptors (Lipinski definition) is 0. The van der Waals surface area contributed by atoms with Gasteiger partial charge in [-0.15, -0.1) is 0 Å². The van der Waals surface area contributed by atoms with Crippen LogP contribution in [0.1, 0.15) is 79.0 Å². The molecule has 0 bridgehead atoms. The summed E-state index contributed by atoms with van der Waals surface area (Å²) in [5.74, 6) is 0. The summed E-state index contributed by atoms with van der Waals surface area (Å²) in [5, 5.41) is 0.801. The standard InChI is InChI=1S/C9H12.C7H7Cl.4C2H6/c1-3-9-6-4-8(2)5-7-9;1-6-2-4-7(8)5-3-6;4*1-2/h4-7H,3H2,1-2H3;2-5H,1H3;4*1-2H3. The van der Waals surface area contributed by atoms with Gasteiger partial charge in [0.1, 0.15) is 0 Å².